The molecule has 14 heavy (non-hydrogen) atoms. The maximum Gasteiger partial charge on any atom is 0.157 e. The molecule has 0 atom stereocenters. The van der Waals surface area contributed by atoms with E-state index in [0.29, 0.717) is 5.41 Å². The van der Waals surface area contributed by atoms with Gasteiger partial charge in [0, 0.05) is 17.8 Å². The lowest BCUT2D eigenvalue weighted by Gasteiger charge is -2.16. The number of thioether (sulfide) groups is 1. The molecule has 2 aliphatic rings. The molecule has 1 heterocycles. The fraction of sp³-hybridized carbons (Fsp3) is 0.909. The molecule has 2 fully saturated rings. The molecule has 2 nitrogen and oxygen atoms in total. The number of rotatable bonds is 3. The fourth-order valence-electron chi connectivity index (χ4n) is 1.74. The lowest BCUT2D eigenvalue weighted by molar-refractivity contribution is 0.501. The zero-order valence-corrected chi connectivity index (χ0v) is 10.2. The first-order valence-electron chi connectivity index (χ1n) is 5.51. The molecule has 1 N–H and O–H groups in total. The minimum atomic E-state index is 0.242. The molecule has 0 amide bonds. The lowest BCUT2D eigenvalue weighted by Crippen LogP contribution is -2.37. The van der Waals surface area contributed by atoms with Gasteiger partial charge in [-0.05, 0) is 38.5 Å². The minimum absolute atomic E-state index is 0.242. The summed E-state index contributed by atoms with van der Waals surface area (Å²) in [6.07, 6.45) is 4.06. The monoisotopic (exact) mass is 212 g/mol. The van der Waals surface area contributed by atoms with Crippen molar-refractivity contribution in [2.45, 2.75) is 45.6 Å². The van der Waals surface area contributed by atoms with E-state index in [9.17, 15) is 0 Å². The second-order valence-corrected chi connectivity index (χ2v) is 6.24. The van der Waals surface area contributed by atoms with Gasteiger partial charge >= 0.3 is 0 Å². The lowest BCUT2D eigenvalue weighted by atomic mass is 10.1. The Hall–Kier alpha value is -0.180. The molecule has 0 aromatic heterocycles. The van der Waals surface area contributed by atoms with E-state index in [1.165, 1.54) is 19.3 Å². The van der Waals surface area contributed by atoms with E-state index in [4.69, 9.17) is 4.99 Å². The van der Waals surface area contributed by atoms with Crippen LogP contribution in [0.4, 0.5) is 0 Å². The Morgan fingerprint density at radius 2 is 2.14 bits per heavy atom. The summed E-state index contributed by atoms with van der Waals surface area (Å²) in [4.78, 5) is 4.69. The van der Waals surface area contributed by atoms with Crippen LogP contribution in [0.1, 0.15) is 40.0 Å². The van der Waals surface area contributed by atoms with Gasteiger partial charge in [0.05, 0.1) is 0 Å². The smallest absolute Gasteiger partial charge is 0.157 e. The van der Waals surface area contributed by atoms with Crippen molar-refractivity contribution >= 4 is 16.9 Å². The Kier molecular flexibility index (Phi) is 2.54. The molecule has 1 saturated carbocycles. The molecule has 0 spiro atoms. The standard InChI is InChI=1S/C11H20N2S/c1-4-11(5-6-11)7-12-9-13-10(2,3)8-14-9/h4-8H2,1-3H3,(H,12,13). The van der Waals surface area contributed by atoms with E-state index >= 15 is 0 Å². The van der Waals surface area contributed by atoms with Gasteiger partial charge in [-0.25, -0.2) is 0 Å². The Balaban J connectivity index is 1.88. The number of amidine groups is 1. The van der Waals surface area contributed by atoms with Gasteiger partial charge in [0.25, 0.3) is 0 Å². The van der Waals surface area contributed by atoms with Gasteiger partial charge in [-0.15, -0.1) is 0 Å². The van der Waals surface area contributed by atoms with Crippen molar-refractivity contribution in [2.24, 2.45) is 10.4 Å². The number of aliphatic imine (C=N–C) groups is 1. The Morgan fingerprint density at radius 3 is 2.57 bits per heavy atom. The van der Waals surface area contributed by atoms with Crippen LogP contribution in [0.25, 0.3) is 0 Å². The quantitative estimate of drug-likeness (QED) is 0.778. The van der Waals surface area contributed by atoms with Crippen LogP contribution in [-0.2, 0) is 0 Å². The van der Waals surface area contributed by atoms with Crippen LogP contribution in [0.15, 0.2) is 4.99 Å². The molecule has 0 aromatic rings. The summed E-state index contributed by atoms with van der Waals surface area (Å²) in [5.41, 5.74) is 0.828. The normalized spacial score (nSPS) is 30.4. The molecule has 0 unspecified atom stereocenters. The Labute approximate surface area is 90.9 Å². The van der Waals surface area contributed by atoms with Gasteiger partial charge in [0.1, 0.15) is 0 Å². The van der Waals surface area contributed by atoms with Gasteiger partial charge in [-0.1, -0.05) is 18.7 Å². The maximum absolute atomic E-state index is 4.69. The summed E-state index contributed by atoms with van der Waals surface area (Å²) in [6.45, 7) is 7.78. The zero-order chi connectivity index (χ0) is 10.2. The van der Waals surface area contributed by atoms with E-state index in [1.807, 2.05) is 11.8 Å². The SMILES string of the molecule is CCC1(CN=C2NC(C)(C)CS2)CC1. The van der Waals surface area contributed by atoms with Crippen molar-refractivity contribution in [3.05, 3.63) is 0 Å². The van der Waals surface area contributed by atoms with E-state index in [2.05, 4.69) is 26.1 Å². The largest absolute Gasteiger partial charge is 0.359 e. The first-order valence-corrected chi connectivity index (χ1v) is 6.49. The summed E-state index contributed by atoms with van der Waals surface area (Å²) in [7, 11) is 0. The van der Waals surface area contributed by atoms with Crippen LogP contribution in [0.3, 0.4) is 0 Å². The average Bonchev–Trinajstić information content (AvgIpc) is 2.84. The van der Waals surface area contributed by atoms with Crippen LogP contribution >= 0.6 is 11.8 Å². The average molecular weight is 212 g/mol. The van der Waals surface area contributed by atoms with Gasteiger partial charge in [-0.2, -0.15) is 0 Å². The molecule has 0 aromatic carbocycles. The van der Waals surface area contributed by atoms with Crippen LogP contribution in [0, 0.1) is 5.41 Å². The summed E-state index contributed by atoms with van der Waals surface area (Å²) in [5, 5.41) is 4.63. The van der Waals surface area contributed by atoms with Gasteiger partial charge < -0.3 is 5.32 Å². The second-order valence-electron chi connectivity index (χ2n) is 5.27. The summed E-state index contributed by atoms with van der Waals surface area (Å²) in [5.74, 6) is 1.14. The molecular formula is C11H20N2S. The number of nitrogens with zero attached hydrogens (tertiary/aromatic N) is 1. The van der Waals surface area contributed by atoms with Crippen LogP contribution in [0.2, 0.25) is 0 Å². The highest BCUT2D eigenvalue weighted by Crippen LogP contribution is 2.48. The topological polar surface area (TPSA) is 24.4 Å². The van der Waals surface area contributed by atoms with Gasteiger partial charge in [0.2, 0.25) is 0 Å². The summed E-state index contributed by atoms with van der Waals surface area (Å²) >= 11 is 1.87. The van der Waals surface area contributed by atoms with Crippen LogP contribution in [0.5, 0.6) is 0 Å². The summed E-state index contributed by atoms with van der Waals surface area (Å²) in [6, 6.07) is 0. The molecule has 80 valence electrons. The highest BCUT2D eigenvalue weighted by atomic mass is 32.2. The van der Waals surface area contributed by atoms with Gasteiger partial charge in [0.15, 0.2) is 5.17 Å². The Bertz CT molecular complexity index is 254. The molecule has 0 bridgehead atoms. The number of nitrogens with one attached hydrogen (secondary N) is 1. The molecule has 3 heteroatoms. The number of hydrogen-bond acceptors (Lipinski definition) is 2. The predicted molar refractivity (Wildman–Crippen MR) is 63.9 cm³/mol. The van der Waals surface area contributed by atoms with Crippen molar-refractivity contribution in [3.63, 3.8) is 0 Å². The summed E-state index contributed by atoms with van der Waals surface area (Å²) < 4.78 is 0. The minimum Gasteiger partial charge on any atom is -0.359 e. The third-order valence-electron chi connectivity index (χ3n) is 3.28. The molecule has 0 radical (unpaired) electrons. The molecule has 1 aliphatic heterocycles. The van der Waals surface area contributed by atoms with Crippen LogP contribution in [-0.4, -0.2) is 23.0 Å². The fourth-order valence-corrected chi connectivity index (χ4v) is 2.81. The maximum atomic E-state index is 4.69. The van der Waals surface area contributed by atoms with Crippen molar-refractivity contribution in [1.29, 1.82) is 0 Å². The van der Waals surface area contributed by atoms with Crippen LogP contribution < -0.4 is 5.32 Å². The predicted octanol–water partition coefficient (Wildman–Crippen LogP) is 2.65. The van der Waals surface area contributed by atoms with E-state index in [1.54, 1.807) is 0 Å². The third-order valence-corrected chi connectivity index (χ3v) is 4.65. The highest BCUT2D eigenvalue weighted by Gasteiger charge is 2.40. The first-order chi connectivity index (χ1) is 6.55. The Morgan fingerprint density at radius 1 is 1.43 bits per heavy atom. The molecular weight excluding hydrogens is 192 g/mol. The number of hydrogen-bond donors (Lipinski definition) is 1. The van der Waals surface area contributed by atoms with Crippen molar-refractivity contribution in [1.82, 2.24) is 5.32 Å². The zero-order valence-electron chi connectivity index (χ0n) is 9.39. The highest BCUT2D eigenvalue weighted by molar-refractivity contribution is 8.14. The first kappa shape index (κ1) is 10.3. The van der Waals surface area contributed by atoms with Crippen molar-refractivity contribution in [3.8, 4) is 0 Å². The van der Waals surface area contributed by atoms with E-state index in [0.717, 1.165) is 17.5 Å². The third kappa shape index (κ3) is 2.25. The van der Waals surface area contributed by atoms with E-state index < -0.39 is 0 Å². The molecule has 1 saturated heterocycles. The van der Waals surface area contributed by atoms with Crippen molar-refractivity contribution in [2.75, 3.05) is 12.3 Å². The second kappa shape index (κ2) is 3.44. The van der Waals surface area contributed by atoms with Crippen molar-refractivity contribution < 1.29 is 0 Å². The van der Waals surface area contributed by atoms with Gasteiger partial charge in [-0.3, -0.25) is 4.99 Å². The van der Waals surface area contributed by atoms with E-state index in [-0.39, 0.29) is 5.54 Å². The molecule has 1 aliphatic carbocycles. The molecule has 2 rings (SSSR count).